The van der Waals surface area contributed by atoms with Crippen LogP contribution in [0.4, 0.5) is 4.79 Å². The van der Waals surface area contributed by atoms with Gasteiger partial charge in [-0.15, -0.1) is 11.3 Å². The monoisotopic (exact) mass is 348 g/mol. The van der Waals surface area contributed by atoms with Crippen molar-refractivity contribution in [1.29, 1.82) is 0 Å². The number of furan rings is 1. The van der Waals surface area contributed by atoms with Crippen molar-refractivity contribution < 1.29 is 14.0 Å². The van der Waals surface area contributed by atoms with Crippen molar-refractivity contribution in [3.8, 4) is 0 Å². The van der Waals surface area contributed by atoms with Crippen LogP contribution in [0.2, 0.25) is 0 Å². The standard InChI is InChI=1S/C16H20N4O3S/c1-17-14(21)13-6-5-11(23-13)10-19-16(22)20-8-3-2-4-12(20)15-18-7-9-24-15/h5-7,9,12H,2-4,8,10H2,1H3,(H,17,21)(H,19,22)/t12-/m1/s1. The first kappa shape index (κ1) is 16.5. The van der Waals surface area contributed by atoms with E-state index in [0.29, 0.717) is 5.76 Å². The van der Waals surface area contributed by atoms with Crippen LogP contribution in [0, 0.1) is 0 Å². The average molecular weight is 348 g/mol. The number of hydrogen-bond donors (Lipinski definition) is 2. The highest BCUT2D eigenvalue weighted by atomic mass is 32.1. The second-order valence-corrected chi connectivity index (χ2v) is 6.51. The second kappa shape index (κ2) is 7.48. The summed E-state index contributed by atoms with van der Waals surface area (Å²) in [6.07, 6.45) is 4.80. The van der Waals surface area contributed by atoms with E-state index in [0.717, 1.165) is 30.8 Å². The van der Waals surface area contributed by atoms with Crippen molar-refractivity contribution in [3.63, 3.8) is 0 Å². The number of piperidine rings is 1. The van der Waals surface area contributed by atoms with Crippen LogP contribution < -0.4 is 10.6 Å². The Bertz CT molecular complexity index is 698. The Kier molecular flexibility index (Phi) is 5.14. The molecule has 0 unspecified atom stereocenters. The lowest BCUT2D eigenvalue weighted by Crippen LogP contribution is -2.44. The summed E-state index contributed by atoms with van der Waals surface area (Å²) in [7, 11) is 1.54. The molecule has 0 spiro atoms. The summed E-state index contributed by atoms with van der Waals surface area (Å²) in [6.45, 7) is 0.967. The molecule has 0 aliphatic carbocycles. The van der Waals surface area contributed by atoms with E-state index < -0.39 is 0 Å². The molecule has 3 rings (SSSR count). The number of urea groups is 1. The predicted octanol–water partition coefficient (Wildman–Crippen LogP) is 2.53. The number of likely N-dealkylation sites (tertiary alicyclic amines) is 1. The van der Waals surface area contributed by atoms with Crippen LogP contribution in [0.1, 0.15) is 46.6 Å². The molecule has 3 heterocycles. The zero-order valence-electron chi connectivity index (χ0n) is 13.4. The lowest BCUT2D eigenvalue weighted by atomic mass is 10.0. The molecule has 24 heavy (non-hydrogen) atoms. The van der Waals surface area contributed by atoms with E-state index >= 15 is 0 Å². The molecule has 0 bridgehead atoms. The molecule has 3 amide bonds. The van der Waals surface area contributed by atoms with E-state index in [2.05, 4.69) is 15.6 Å². The summed E-state index contributed by atoms with van der Waals surface area (Å²) in [5, 5.41) is 8.28. The predicted molar refractivity (Wildman–Crippen MR) is 89.7 cm³/mol. The molecule has 1 aliphatic rings. The molecule has 8 heteroatoms. The molecule has 2 aromatic rings. The first-order valence-electron chi connectivity index (χ1n) is 7.93. The summed E-state index contributed by atoms with van der Waals surface area (Å²) in [4.78, 5) is 30.2. The summed E-state index contributed by atoms with van der Waals surface area (Å²) in [5.41, 5.74) is 0. The average Bonchev–Trinajstić information content (AvgIpc) is 3.30. The van der Waals surface area contributed by atoms with Gasteiger partial charge in [0.15, 0.2) is 5.76 Å². The molecular weight excluding hydrogens is 328 g/mol. The number of carbonyl (C=O) groups is 2. The van der Waals surface area contributed by atoms with Crippen molar-refractivity contribution in [2.75, 3.05) is 13.6 Å². The first-order valence-corrected chi connectivity index (χ1v) is 8.81. The number of amides is 3. The molecular formula is C16H20N4O3S. The lowest BCUT2D eigenvalue weighted by molar-refractivity contribution is 0.0933. The van der Waals surface area contributed by atoms with Crippen LogP contribution in [0.3, 0.4) is 0 Å². The minimum atomic E-state index is -0.285. The molecule has 0 radical (unpaired) electrons. The Morgan fingerprint density at radius 3 is 3.04 bits per heavy atom. The van der Waals surface area contributed by atoms with Crippen LogP contribution >= 0.6 is 11.3 Å². The van der Waals surface area contributed by atoms with Gasteiger partial charge in [0.05, 0.1) is 12.6 Å². The molecule has 2 aromatic heterocycles. The number of carbonyl (C=O) groups excluding carboxylic acids is 2. The topological polar surface area (TPSA) is 87.5 Å². The Labute approximate surface area is 144 Å². The van der Waals surface area contributed by atoms with Gasteiger partial charge in [-0.2, -0.15) is 0 Å². The third-order valence-corrected chi connectivity index (χ3v) is 4.90. The van der Waals surface area contributed by atoms with E-state index in [4.69, 9.17) is 4.42 Å². The summed E-state index contributed by atoms with van der Waals surface area (Å²) < 4.78 is 5.42. The quantitative estimate of drug-likeness (QED) is 0.889. The maximum atomic E-state index is 12.5. The van der Waals surface area contributed by atoms with Gasteiger partial charge < -0.3 is 20.0 Å². The van der Waals surface area contributed by atoms with Gasteiger partial charge in [0, 0.05) is 25.2 Å². The minimum Gasteiger partial charge on any atom is -0.454 e. The number of hydrogen-bond acceptors (Lipinski definition) is 5. The number of aromatic nitrogens is 1. The second-order valence-electron chi connectivity index (χ2n) is 5.58. The van der Waals surface area contributed by atoms with Crippen molar-refractivity contribution in [2.24, 2.45) is 0 Å². The van der Waals surface area contributed by atoms with Gasteiger partial charge in [-0.3, -0.25) is 4.79 Å². The van der Waals surface area contributed by atoms with Gasteiger partial charge in [0.25, 0.3) is 5.91 Å². The molecule has 1 fully saturated rings. The lowest BCUT2D eigenvalue weighted by Gasteiger charge is -2.34. The van der Waals surface area contributed by atoms with Crippen molar-refractivity contribution in [3.05, 3.63) is 40.2 Å². The van der Waals surface area contributed by atoms with Crippen LogP contribution in [0.15, 0.2) is 28.1 Å². The molecule has 128 valence electrons. The fourth-order valence-electron chi connectivity index (χ4n) is 2.81. The fourth-order valence-corrected chi connectivity index (χ4v) is 3.60. The number of thiazole rings is 1. The fraction of sp³-hybridized carbons (Fsp3) is 0.438. The van der Waals surface area contributed by atoms with Gasteiger partial charge in [0.2, 0.25) is 0 Å². The Balaban J connectivity index is 1.61. The van der Waals surface area contributed by atoms with Crippen molar-refractivity contribution in [2.45, 2.75) is 31.8 Å². The van der Waals surface area contributed by atoms with Gasteiger partial charge >= 0.3 is 6.03 Å². The first-order chi connectivity index (χ1) is 11.7. The highest BCUT2D eigenvalue weighted by molar-refractivity contribution is 7.09. The smallest absolute Gasteiger partial charge is 0.318 e. The SMILES string of the molecule is CNC(=O)c1ccc(CNC(=O)N2CCCC[C@@H]2c2nccs2)o1. The zero-order chi connectivity index (χ0) is 16.9. The molecule has 0 aromatic carbocycles. The van der Waals surface area contributed by atoms with Gasteiger partial charge in [-0.1, -0.05) is 0 Å². The van der Waals surface area contributed by atoms with E-state index in [9.17, 15) is 9.59 Å². The van der Waals surface area contributed by atoms with E-state index in [1.54, 1.807) is 36.7 Å². The van der Waals surface area contributed by atoms with Crippen molar-refractivity contribution >= 4 is 23.3 Å². The van der Waals surface area contributed by atoms with Crippen molar-refractivity contribution in [1.82, 2.24) is 20.5 Å². The minimum absolute atomic E-state index is 0.0387. The Morgan fingerprint density at radius 2 is 2.29 bits per heavy atom. The number of nitrogens with zero attached hydrogens (tertiary/aromatic N) is 2. The highest BCUT2D eigenvalue weighted by Gasteiger charge is 2.29. The summed E-state index contributed by atoms with van der Waals surface area (Å²) >= 11 is 1.58. The Hall–Kier alpha value is -2.35. The summed E-state index contributed by atoms with van der Waals surface area (Å²) in [6, 6.07) is 3.20. The van der Waals surface area contributed by atoms with Gasteiger partial charge in [-0.05, 0) is 31.4 Å². The van der Waals surface area contributed by atoms with E-state index in [-0.39, 0.29) is 30.3 Å². The maximum absolute atomic E-state index is 12.5. The molecule has 1 atom stereocenters. The number of rotatable bonds is 4. The highest BCUT2D eigenvalue weighted by Crippen LogP contribution is 2.31. The molecule has 7 nitrogen and oxygen atoms in total. The largest absolute Gasteiger partial charge is 0.454 e. The van der Waals surface area contributed by atoms with Crippen LogP contribution in [0.25, 0.3) is 0 Å². The van der Waals surface area contributed by atoms with Gasteiger partial charge in [0.1, 0.15) is 10.8 Å². The molecule has 1 saturated heterocycles. The maximum Gasteiger partial charge on any atom is 0.318 e. The molecule has 0 saturated carbocycles. The van der Waals surface area contributed by atoms with Gasteiger partial charge in [-0.25, -0.2) is 9.78 Å². The van der Waals surface area contributed by atoms with Crippen LogP contribution in [-0.4, -0.2) is 35.4 Å². The normalized spacial score (nSPS) is 17.5. The summed E-state index contributed by atoms with van der Waals surface area (Å²) in [5.74, 6) is 0.498. The third-order valence-electron chi connectivity index (χ3n) is 4.03. The third kappa shape index (κ3) is 3.59. The molecule has 1 aliphatic heterocycles. The zero-order valence-corrected chi connectivity index (χ0v) is 14.3. The molecule has 2 N–H and O–H groups in total. The van der Waals surface area contributed by atoms with E-state index in [1.165, 1.54) is 0 Å². The number of nitrogens with one attached hydrogen (secondary N) is 2. The van der Waals surface area contributed by atoms with Crippen LogP contribution in [-0.2, 0) is 6.54 Å². The van der Waals surface area contributed by atoms with Crippen LogP contribution in [0.5, 0.6) is 0 Å². The van der Waals surface area contributed by atoms with E-state index in [1.807, 2.05) is 10.3 Å². The Morgan fingerprint density at radius 1 is 1.42 bits per heavy atom.